The summed E-state index contributed by atoms with van der Waals surface area (Å²) < 4.78 is 0. The molecule has 1 aliphatic heterocycles. The molecule has 1 N–H and O–H groups in total. The maximum Gasteiger partial charge on any atom is 0.319 e. The van der Waals surface area contributed by atoms with Crippen molar-refractivity contribution >= 4 is 23.2 Å². The molecule has 0 aromatic carbocycles. The van der Waals surface area contributed by atoms with Crippen LogP contribution in [0.5, 0.6) is 0 Å². The second-order valence-electron chi connectivity index (χ2n) is 4.92. The predicted octanol–water partition coefficient (Wildman–Crippen LogP) is 2.02. The molecule has 1 aromatic heterocycles. The molecule has 0 aliphatic carbocycles. The van der Waals surface area contributed by atoms with E-state index in [2.05, 4.69) is 4.98 Å². The summed E-state index contributed by atoms with van der Waals surface area (Å²) in [6.45, 7) is 0.508. The fourth-order valence-electron chi connectivity index (χ4n) is 2.65. The van der Waals surface area contributed by atoms with Crippen LogP contribution in [0.1, 0.15) is 36.0 Å². The van der Waals surface area contributed by atoms with Crippen LogP contribution in [-0.2, 0) is 0 Å². The molecule has 0 radical (unpaired) electrons. The lowest BCUT2D eigenvalue weighted by Crippen LogP contribution is -2.44. The second-order valence-corrected chi connectivity index (χ2v) is 5.27. The van der Waals surface area contributed by atoms with E-state index in [1.165, 1.54) is 12.3 Å². The molecule has 1 unspecified atom stereocenters. The lowest BCUT2D eigenvalue weighted by atomic mass is 9.98. The summed E-state index contributed by atoms with van der Waals surface area (Å²) in [7, 11) is 0. The Balaban J connectivity index is 2.34. The Hall–Kier alpha value is -1.73. The highest BCUT2D eigenvalue weighted by Gasteiger charge is 2.32. The molecule has 1 saturated heterocycles. The van der Waals surface area contributed by atoms with E-state index in [1.807, 2.05) is 0 Å². The molecular formula is C13H16ClN3O4. The van der Waals surface area contributed by atoms with Gasteiger partial charge in [-0.1, -0.05) is 11.6 Å². The van der Waals surface area contributed by atoms with E-state index in [9.17, 15) is 14.9 Å². The van der Waals surface area contributed by atoms with Crippen molar-refractivity contribution in [1.29, 1.82) is 0 Å². The Kier molecular flexibility index (Phi) is 5.08. The van der Waals surface area contributed by atoms with Gasteiger partial charge in [0.2, 0.25) is 5.15 Å². The minimum atomic E-state index is -0.687. The van der Waals surface area contributed by atoms with Gasteiger partial charge in [0.25, 0.3) is 5.91 Å². The number of carbonyl (C=O) groups excluding carboxylic acids is 1. The number of aliphatic hydroxyl groups is 1. The lowest BCUT2D eigenvalue weighted by molar-refractivity contribution is -0.385. The van der Waals surface area contributed by atoms with E-state index in [0.717, 1.165) is 19.3 Å². The average Bonchev–Trinajstić information content (AvgIpc) is 2.47. The normalized spacial score (nSPS) is 18.6. The Morgan fingerprint density at radius 3 is 3.00 bits per heavy atom. The molecule has 2 heterocycles. The summed E-state index contributed by atoms with van der Waals surface area (Å²) in [6.07, 6.45) is 4.37. The number of aromatic nitrogens is 1. The van der Waals surface area contributed by atoms with Crippen LogP contribution in [0.2, 0.25) is 5.15 Å². The Morgan fingerprint density at radius 1 is 1.57 bits per heavy atom. The fourth-order valence-corrected chi connectivity index (χ4v) is 2.87. The zero-order chi connectivity index (χ0) is 15.4. The molecule has 0 bridgehead atoms. The number of aliphatic hydroxyl groups excluding tert-OH is 1. The van der Waals surface area contributed by atoms with Crippen molar-refractivity contribution in [3.05, 3.63) is 33.1 Å². The van der Waals surface area contributed by atoms with Gasteiger partial charge in [-0.05, 0) is 31.7 Å². The minimum Gasteiger partial charge on any atom is -0.396 e. The maximum atomic E-state index is 12.6. The molecule has 114 valence electrons. The van der Waals surface area contributed by atoms with Crippen LogP contribution in [-0.4, -0.2) is 45.0 Å². The maximum absolute atomic E-state index is 12.6. The molecule has 1 fully saturated rings. The second kappa shape index (κ2) is 6.82. The third-order valence-electron chi connectivity index (χ3n) is 3.64. The van der Waals surface area contributed by atoms with E-state index in [-0.39, 0.29) is 23.4 Å². The molecule has 21 heavy (non-hydrogen) atoms. The molecule has 1 aliphatic rings. The van der Waals surface area contributed by atoms with E-state index < -0.39 is 16.5 Å². The van der Waals surface area contributed by atoms with E-state index in [1.54, 1.807) is 4.90 Å². The monoisotopic (exact) mass is 313 g/mol. The molecule has 2 rings (SSSR count). The Bertz CT molecular complexity index is 550. The molecule has 7 nitrogen and oxygen atoms in total. The van der Waals surface area contributed by atoms with Crippen molar-refractivity contribution in [3.8, 4) is 0 Å². The van der Waals surface area contributed by atoms with Gasteiger partial charge in [-0.2, -0.15) is 0 Å². The number of pyridine rings is 1. The number of amides is 1. The first-order valence-electron chi connectivity index (χ1n) is 6.77. The van der Waals surface area contributed by atoms with Crippen molar-refractivity contribution in [1.82, 2.24) is 9.88 Å². The van der Waals surface area contributed by atoms with Crippen LogP contribution in [0, 0.1) is 10.1 Å². The molecule has 1 amide bonds. The lowest BCUT2D eigenvalue weighted by Gasteiger charge is -2.35. The molecule has 1 aromatic rings. The first-order valence-corrected chi connectivity index (χ1v) is 7.14. The van der Waals surface area contributed by atoms with Crippen LogP contribution >= 0.6 is 11.6 Å². The van der Waals surface area contributed by atoms with Crippen LogP contribution in [0.4, 0.5) is 5.69 Å². The third-order valence-corrected chi connectivity index (χ3v) is 3.92. The average molecular weight is 314 g/mol. The number of nitro groups is 1. The summed E-state index contributed by atoms with van der Waals surface area (Å²) in [5.41, 5.74) is -0.512. The Labute approximate surface area is 126 Å². The number of nitrogens with zero attached hydrogens (tertiary/aromatic N) is 3. The smallest absolute Gasteiger partial charge is 0.319 e. The van der Waals surface area contributed by atoms with Crippen LogP contribution in [0.3, 0.4) is 0 Å². The molecule has 1 atom stereocenters. The highest BCUT2D eigenvalue weighted by Crippen LogP contribution is 2.29. The SMILES string of the molecule is O=C(c1ccnc(Cl)c1[N+](=O)[O-])N1CCCCC1CCO. The van der Waals surface area contributed by atoms with Gasteiger partial charge in [-0.25, -0.2) is 4.98 Å². The highest BCUT2D eigenvalue weighted by atomic mass is 35.5. The van der Waals surface area contributed by atoms with E-state index in [0.29, 0.717) is 13.0 Å². The first kappa shape index (κ1) is 15.7. The number of halogens is 1. The number of rotatable bonds is 4. The number of likely N-dealkylation sites (tertiary alicyclic amines) is 1. The van der Waals surface area contributed by atoms with Gasteiger partial charge in [0, 0.05) is 25.4 Å². The zero-order valence-electron chi connectivity index (χ0n) is 11.4. The van der Waals surface area contributed by atoms with Gasteiger partial charge >= 0.3 is 5.69 Å². The van der Waals surface area contributed by atoms with E-state index in [4.69, 9.17) is 16.7 Å². The van der Waals surface area contributed by atoms with Crippen molar-refractivity contribution in [2.24, 2.45) is 0 Å². The van der Waals surface area contributed by atoms with Gasteiger partial charge in [-0.3, -0.25) is 14.9 Å². The highest BCUT2D eigenvalue weighted by molar-refractivity contribution is 6.32. The van der Waals surface area contributed by atoms with Gasteiger partial charge < -0.3 is 10.0 Å². The molecular weight excluding hydrogens is 298 g/mol. The van der Waals surface area contributed by atoms with Gasteiger partial charge in [0.15, 0.2) is 0 Å². The summed E-state index contributed by atoms with van der Waals surface area (Å²) in [5.74, 6) is -0.427. The quantitative estimate of drug-likeness (QED) is 0.521. The van der Waals surface area contributed by atoms with Gasteiger partial charge in [0.1, 0.15) is 5.56 Å². The summed E-state index contributed by atoms with van der Waals surface area (Å²) in [6, 6.07) is 1.22. The van der Waals surface area contributed by atoms with Gasteiger partial charge in [-0.15, -0.1) is 0 Å². The molecule has 0 saturated carbocycles. The van der Waals surface area contributed by atoms with Crippen LogP contribution in [0.25, 0.3) is 0 Å². The minimum absolute atomic E-state index is 0.0202. The standard InChI is InChI=1S/C13H16ClN3O4/c14-12-11(17(20)21)10(4-6-15-12)13(19)16-7-2-1-3-9(16)5-8-18/h4,6,9,18H,1-3,5,7-8H2. The third kappa shape index (κ3) is 3.30. The molecule has 0 spiro atoms. The number of hydrogen-bond donors (Lipinski definition) is 1. The number of carbonyl (C=O) groups is 1. The number of hydrogen-bond acceptors (Lipinski definition) is 5. The van der Waals surface area contributed by atoms with Crippen LogP contribution < -0.4 is 0 Å². The summed E-state index contributed by atoms with van der Waals surface area (Å²) >= 11 is 5.74. The summed E-state index contributed by atoms with van der Waals surface area (Å²) in [5, 5.41) is 19.9. The number of piperidine rings is 1. The van der Waals surface area contributed by atoms with E-state index >= 15 is 0 Å². The van der Waals surface area contributed by atoms with Crippen molar-refractivity contribution in [2.45, 2.75) is 31.7 Å². The van der Waals surface area contributed by atoms with Gasteiger partial charge in [0.05, 0.1) is 4.92 Å². The fraction of sp³-hybridized carbons (Fsp3) is 0.538. The Morgan fingerprint density at radius 2 is 2.33 bits per heavy atom. The zero-order valence-corrected chi connectivity index (χ0v) is 12.1. The topological polar surface area (TPSA) is 96.6 Å². The first-order chi connectivity index (χ1) is 10.1. The molecule has 8 heteroatoms. The van der Waals surface area contributed by atoms with Crippen molar-refractivity contribution in [3.63, 3.8) is 0 Å². The predicted molar refractivity (Wildman–Crippen MR) is 76.3 cm³/mol. The largest absolute Gasteiger partial charge is 0.396 e. The van der Waals surface area contributed by atoms with Crippen molar-refractivity contribution < 1.29 is 14.8 Å². The van der Waals surface area contributed by atoms with Crippen molar-refractivity contribution in [2.75, 3.05) is 13.2 Å². The summed E-state index contributed by atoms with van der Waals surface area (Å²) in [4.78, 5) is 28.3. The van der Waals surface area contributed by atoms with Crippen LogP contribution in [0.15, 0.2) is 12.3 Å².